The number of hydrogen-bond acceptors (Lipinski definition) is 4. The molecule has 1 rings (SSSR count). The van der Waals surface area contributed by atoms with Crippen molar-refractivity contribution in [3.8, 4) is 0 Å². The maximum atomic E-state index is 11.7. The average molecular weight is 265 g/mol. The number of hydrogen-bond donors (Lipinski definition) is 2. The van der Waals surface area contributed by atoms with Gasteiger partial charge in [-0.3, -0.25) is 4.79 Å². The number of ether oxygens (including phenoxy) is 1. The number of rotatable bonds is 8. The van der Waals surface area contributed by atoms with Gasteiger partial charge in [0.25, 0.3) is 0 Å². The third-order valence-electron chi connectivity index (χ3n) is 2.74. The molecule has 1 aromatic carbocycles. The van der Waals surface area contributed by atoms with E-state index < -0.39 is 0 Å². The molecule has 0 fully saturated rings. The minimum absolute atomic E-state index is 0.00744. The number of amides is 1. The van der Waals surface area contributed by atoms with Crippen molar-refractivity contribution in [1.29, 1.82) is 0 Å². The molecular formula is C14H23N3O2. The standard InChI is InChI=1S/C14H23N3O2/c1-3-19-11-10-17(2)9-8-14(18)16-13-6-4-12(15)5-7-13/h4-7H,3,8-11,15H2,1-2H3,(H,16,18). The molecule has 0 saturated carbocycles. The quantitative estimate of drug-likeness (QED) is 0.553. The summed E-state index contributed by atoms with van der Waals surface area (Å²) in [5.74, 6) is 0.00744. The third kappa shape index (κ3) is 6.79. The molecule has 0 aliphatic rings. The Morgan fingerprint density at radius 1 is 1.32 bits per heavy atom. The molecule has 19 heavy (non-hydrogen) atoms. The Balaban J connectivity index is 2.22. The first-order valence-corrected chi connectivity index (χ1v) is 6.53. The highest BCUT2D eigenvalue weighted by Crippen LogP contribution is 2.10. The fourth-order valence-corrected chi connectivity index (χ4v) is 1.56. The van der Waals surface area contributed by atoms with Crippen LogP contribution in [-0.4, -0.2) is 44.2 Å². The summed E-state index contributed by atoms with van der Waals surface area (Å²) in [6, 6.07) is 7.13. The highest BCUT2D eigenvalue weighted by molar-refractivity contribution is 5.90. The van der Waals surface area contributed by atoms with E-state index >= 15 is 0 Å². The second-order valence-electron chi connectivity index (χ2n) is 4.42. The van der Waals surface area contributed by atoms with Crippen molar-refractivity contribution in [2.45, 2.75) is 13.3 Å². The van der Waals surface area contributed by atoms with Crippen LogP contribution in [0.2, 0.25) is 0 Å². The minimum atomic E-state index is 0.00744. The van der Waals surface area contributed by atoms with E-state index in [9.17, 15) is 4.79 Å². The van der Waals surface area contributed by atoms with Crippen LogP contribution in [0.25, 0.3) is 0 Å². The molecule has 0 atom stereocenters. The van der Waals surface area contributed by atoms with Crippen molar-refractivity contribution in [2.75, 3.05) is 44.4 Å². The Hall–Kier alpha value is -1.59. The lowest BCUT2D eigenvalue weighted by Crippen LogP contribution is -2.27. The van der Waals surface area contributed by atoms with Gasteiger partial charge in [0, 0.05) is 37.5 Å². The Morgan fingerprint density at radius 3 is 2.63 bits per heavy atom. The Kier molecular flexibility index (Phi) is 6.92. The van der Waals surface area contributed by atoms with E-state index in [0.717, 1.165) is 18.8 Å². The van der Waals surface area contributed by atoms with E-state index in [-0.39, 0.29) is 5.91 Å². The highest BCUT2D eigenvalue weighted by atomic mass is 16.5. The van der Waals surface area contributed by atoms with E-state index in [4.69, 9.17) is 10.5 Å². The van der Waals surface area contributed by atoms with Crippen LogP contribution >= 0.6 is 0 Å². The van der Waals surface area contributed by atoms with Crippen molar-refractivity contribution in [3.63, 3.8) is 0 Å². The molecule has 0 aliphatic carbocycles. The number of carbonyl (C=O) groups excluding carboxylic acids is 1. The number of nitrogens with one attached hydrogen (secondary N) is 1. The average Bonchev–Trinajstić information content (AvgIpc) is 2.39. The highest BCUT2D eigenvalue weighted by Gasteiger charge is 2.05. The van der Waals surface area contributed by atoms with Gasteiger partial charge in [0.15, 0.2) is 0 Å². The first-order valence-electron chi connectivity index (χ1n) is 6.53. The van der Waals surface area contributed by atoms with E-state index in [1.54, 1.807) is 24.3 Å². The molecular weight excluding hydrogens is 242 g/mol. The molecule has 0 radical (unpaired) electrons. The number of anilines is 2. The van der Waals surface area contributed by atoms with Gasteiger partial charge in [-0.15, -0.1) is 0 Å². The molecule has 0 spiro atoms. The van der Waals surface area contributed by atoms with Crippen LogP contribution in [0.5, 0.6) is 0 Å². The predicted octanol–water partition coefficient (Wildman–Crippen LogP) is 1.57. The maximum absolute atomic E-state index is 11.7. The fraction of sp³-hybridized carbons (Fsp3) is 0.500. The van der Waals surface area contributed by atoms with Gasteiger partial charge in [-0.2, -0.15) is 0 Å². The van der Waals surface area contributed by atoms with Crippen molar-refractivity contribution < 1.29 is 9.53 Å². The summed E-state index contributed by atoms with van der Waals surface area (Å²) in [5, 5.41) is 2.84. The second kappa shape index (κ2) is 8.50. The molecule has 5 heteroatoms. The van der Waals surface area contributed by atoms with E-state index in [1.807, 2.05) is 14.0 Å². The summed E-state index contributed by atoms with van der Waals surface area (Å²) in [6.07, 6.45) is 0.465. The lowest BCUT2D eigenvalue weighted by Gasteiger charge is -2.16. The zero-order valence-corrected chi connectivity index (χ0v) is 11.7. The largest absolute Gasteiger partial charge is 0.399 e. The van der Waals surface area contributed by atoms with Gasteiger partial charge in [0.05, 0.1) is 6.61 Å². The van der Waals surface area contributed by atoms with Crippen LogP contribution in [0.15, 0.2) is 24.3 Å². The van der Waals surface area contributed by atoms with Crippen molar-refractivity contribution >= 4 is 17.3 Å². The van der Waals surface area contributed by atoms with Gasteiger partial charge in [0.2, 0.25) is 5.91 Å². The SMILES string of the molecule is CCOCCN(C)CCC(=O)Nc1ccc(N)cc1. The minimum Gasteiger partial charge on any atom is -0.399 e. The van der Waals surface area contributed by atoms with Gasteiger partial charge in [-0.25, -0.2) is 0 Å². The molecule has 1 amide bonds. The smallest absolute Gasteiger partial charge is 0.225 e. The number of carbonyl (C=O) groups is 1. The summed E-state index contributed by atoms with van der Waals surface area (Å²) in [7, 11) is 1.98. The first-order chi connectivity index (χ1) is 9.11. The zero-order valence-electron chi connectivity index (χ0n) is 11.7. The topological polar surface area (TPSA) is 67.6 Å². The van der Waals surface area contributed by atoms with Crippen LogP contribution < -0.4 is 11.1 Å². The molecule has 0 aromatic heterocycles. The molecule has 0 bridgehead atoms. The molecule has 3 N–H and O–H groups in total. The molecule has 0 heterocycles. The van der Waals surface area contributed by atoms with Crippen LogP contribution in [0, 0.1) is 0 Å². The van der Waals surface area contributed by atoms with Gasteiger partial charge in [-0.1, -0.05) is 0 Å². The summed E-state index contributed by atoms with van der Waals surface area (Å²) in [4.78, 5) is 13.8. The lowest BCUT2D eigenvalue weighted by molar-refractivity contribution is -0.116. The zero-order chi connectivity index (χ0) is 14.1. The van der Waals surface area contributed by atoms with Gasteiger partial charge >= 0.3 is 0 Å². The summed E-state index contributed by atoms with van der Waals surface area (Å²) in [6.45, 7) is 4.95. The molecule has 1 aromatic rings. The number of nitrogens with zero attached hydrogens (tertiary/aromatic N) is 1. The maximum Gasteiger partial charge on any atom is 0.225 e. The van der Waals surface area contributed by atoms with Crippen LogP contribution in [0.1, 0.15) is 13.3 Å². The normalized spacial score (nSPS) is 10.7. The number of benzene rings is 1. The fourth-order valence-electron chi connectivity index (χ4n) is 1.56. The second-order valence-corrected chi connectivity index (χ2v) is 4.42. The molecule has 5 nitrogen and oxygen atoms in total. The number of nitrogen functional groups attached to an aromatic ring is 1. The monoisotopic (exact) mass is 265 g/mol. The van der Waals surface area contributed by atoms with Crippen LogP contribution in [0.3, 0.4) is 0 Å². The Bertz CT molecular complexity index is 379. The number of nitrogens with two attached hydrogens (primary N) is 1. The van der Waals surface area contributed by atoms with Gasteiger partial charge in [0.1, 0.15) is 0 Å². The Labute approximate surface area is 114 Å². The predicted molar refractivity (Wildman–Crippen MR) is 78.1 cm³/mol. The van der Waals surface area contributed by atoms with Crippen molar-refractivity contribution in [2.24, 2.45) is 0 Å². The van der Waals surface area contributed by atoms with E-state index in [1.165, 1.54) is 0 Å². The van der Waals surface area contributed by atoms with Crippen molar-refractivity contribution in [3.05, 3.63) is 24.3 Å². The third-order valence-corrected chi connectivity index (χ3v) is 2.74. The Morgan fingerprint density at radius 2 is 2.00 bits per heavy atom. The van der Waals surface area contributed by atoms with Crippen molar-refractivity contribution in [1.82, 2.24) is 4.90 Å². The molecule has 0 unspecified atom stereocenters. The number of likely N-dealkylation sites (N-methyl/N-ethyl adjacent to an activating group) is 1. The summed E-state index contributed by atoms with van der Waals surface area (Å²) < 4.78 is 5.26. The lowest BCUT2D eigenvalue weighted by atomic mass is 10.2. The molecule has 106 valence electrons. The summed E-state index contributed by atoms with van der Waals surface area (Å²) in [5.41, 5.74) is 7.05. The van der Waals surface area contributed by atoms with Gasteiger partial charge < -0.3 is 20.7 Å². The van der Waals surface area contributed by atoms with E-state index in [2.05, 4.69) is 10.2 Å². The summed E-state index contributed by atoms with van der Waals surface area (Å²) >= 11 is 0. The molecule has 0 saturated heterocycles. The molecule has 0 aliphatic heterocycles. The van der Waals surface area contributed by atoms with E-state index in [0.29, 0.717) is 25.3 Å². The van der Waals surface area contributed by atoms with Crippen LogP contribution in [0.4, 0.5) is 11.4 Å². The van der Waals surface area contributed by atoms with Gasteiger partial charge in [-0.05, 0) is 38.2 Å². The first kappa shape index (κ1) is 15.5. The van der Waals surface area contributed by atoms with Crippen LogP contribution in [-0.2, 0) is 9.53 Å².